The van der Waals surface area contributed by atoms with Gasteiger partial charge in [-0.05, 0) is 11.6 Å². The molecule has 2 atom stereocenters. The number of halogens is 1. The Kier molecular flexibility index (Phi) is 2.27. The van der Waals surface area contributed by atoms with Crippen molar-refractivity contribution in [2.24, 2.45) is 5.73 Å². The van der Waals surface area contributed by atoms with Crippen LogP contribution in [0.3, 0.4) is 0 Å². The van der Waals surface area contributed by atoms with Crippen LogP contribution < -0.4 is 5.73 Å². The van der Waals surface area contributed by atoms with Gasteiger partial charge in [-0.25, -0.2) is 4.39 Å². The Morgan fingerprint density at radius 2 is 2.31 bits per heavy atom. The number of hydrogen-bond acceptors (Lipinski definition) is 3. The number of rotatable bonds is 0. The Labute approximate surface area is 79.9 Å². The molecule has 0 aliphatic carbocycles. The molecule has 0 fully saturated rings. The van der Waals surface area contributed by atoms with Gasteiger partial charge >= 0.3 is 0 Å². The highest BCUT2D eigenvalue weighted by Gasteiger charge is 2.26. The van der Waals surface area contributed by atoms with Crippen LogP contribution in [0.1, 0.15) is 11.6 Å². The molecule has 2 unspecified atom stereocenters. The first-order chi connectivity index (χ1) is 6.20. The van der Waals surface area contributed by atoms with Gasteiger partial charge in [0.05, 0.1) is 12.1 Å². The quantitative estimate of drug-likeness (QED) is 0.662. The van der Waals surface area contributed by atoms with Gasteiger partial charge in [0.2, 0.25) is 0 Å². The number of nitrogens with two attached hydrogens (primary N) is 1. The predicted molar refractivity (Wildman–Crippen MR) is 50.1 cm³/mol. The van der Waals surface area contributed by atoms with Crippen LogP contribution in [0.5, 0.6) is 0 Å². The molecule has 1 aromatic rings. The van der Waals surface area contributed by atoms with E-state index in [9.17, 15) is 9.50 Å². The molecule has 1 aromatic carbocycles. The van der Waals surface area contributed by atoms with Crippen LogP contribution in [0.2, 0.25) is 0 Å². The highest BCUT2D eigenvalue weighted by atomic mass is 32.2. The van der Waals surface area contributed by atoms with Crippen LogP contribution in [0.4, 0.5) is 4.39 Å². The summed E-state index contributed by atoms with van der Waals surface area (Å²) in [7, 11) is 0. The lowest BCUT2D eigenvalue weighted by Gasteiger charge is -2.26. The van der Waals surface area contributed by atoms with E-state index in [2.05, 4.69) is 0 Å². The van der Waals surface area contributed by atoms with Gasteiger partial charge in [-0.1, -0.05) is 12.1 Å². The van der Waals surface area contributed by atoms with E-state index in [1.54, 1.807) is 12.1 Å². The maximum absolute atomic E-state index is 13.2. The molecule has 70 valence electrons. The topological polar surface area (TPSA) is 46.2 Å². The molecule has 4 heteroatoms. The minimum Gasteiger partial charge on any atom is -0.390 e. The monoisotopic (exact) mass is 199 g/mol. The largest absolute Gasteiger partial charge is 0.390 e. The van der Waals surface area contributed by atoms with E-state index in [0.29, 0.717) is 16.2 Å². The van der Waals surface area contributed by atoms with Crippen LogP contribution in [-0.4, -0.2) is 17.0 Å². The van der Waals surface area contributed by atoms with Gasteiger partial charge < -0.3 is 10.8 Å². The van der Waals surface area contributed by atoms with Crippen molar-refractivity contribution in [1.29, 1.82) is 0 Å². The van der Waals surface area contributed by atoms with E-state index < -0.39 is 12.1 Å². The molecule has 3 N–H and O–H groups in total. The fourth-order valence-electron chi connectivity index (χ4n) is 1.42. The molecule has 0 saturated heterocycles. The molecule has 1 aliphatic rings. The average molecular weight is 199 g/mol. The van der Waals surface area contributed by atoms with Crippen molar-refractivity contribution in [3.63, 3.8) is 0 Å². The molecule has 2 nitrogen and oxygen atoms in total. The van der Waals surface area contributed by atoms with Crippen molar-refractivity contribution >= 4 is 11.8 Å². The first kappa shape index (κ1) is 8.99. The molecule has 0 bridgehead atoms. The summed E-state index contributed by atoms with van der Waals surface area (Å²) in [6.45, 7) is 0. The van der Waals surface area contributed by atoms with Crippen molar-refractivity contribution in [2.75, 3.05) is 5.75 Å². The van der Waals surface area contributed by atoms with Gasteiger partial charge in [-0.2, -0.15) is 0 Å². The Morgan fingerprint density at radius 3 is 3.08 bits per heavy atom. The van der Waals surface area contributed by atoms with Crippen molar-refractivity contribution in [3.8, 4) is 0 Å². The van der Waals surface area contributed by atoms with E-state index in [1.807, 2.05) is 0 Å². The zero-order valence-electron chi connectivity index (χ0n) is 6.90. The number of thioether (sulfide) groups is 1. The van der Waals surface area contributed by atoms with Gasteiger partial charge in [-0.3, -0.25) is 0 Å². The van der Waals surface area contributed by atoms with Crippen molar-refractivity contribution in [1.82, 2.24) is 0 Å². The summed E-state index contributed by atoms with van der Waals surface area (Å²) in [5, 5.41) is 9.45. The van der Waals surface area contributed by atoms with Gasteiger partial charge in [0.25, 0.3) is 0 Å². The van der Waals surface area contributed by atoms with E-state index in [-0.39, 0.29) is 5.82 Å². The van der Waals surface area contributed by atoms with Gasteiger partial charge in [0, 0.05) is 10.6 Å². The highest BCUT2D eigenvalue weighted by molar-refractivity contribution is 7.99. The molecular formula is C9H10FNOS. The Hall–Kier alpha value is -0.580. The minimum atomic E-state index is -0.570. The smallest absolute Gasteiger partial charge is 0.137 e. The summed E-state index contributed by atoms with van der Waals surface area (Å²) in [4.78, 5) is 0.584. The second kappa shape index (κ2) is 3.29. The zero-order chi connectivity index (χ0) is 9.42. The number of fused-ring (bicyclic) bond motifs is 1. The maximum Gasteiger partial charge on any atom is 0.137 e. The number of aliphatic hydroxyl groups excluding tert-OH is 1. The molecule has 2 rings (SSSR count). The van der Waals surface area contributed by atoms with Crippen LogP contribution in [0, 0.1) is 5.82 Å². The van der Waals surface area contributed by atoms with E-state index in [0.717, 1.165) is 0 Å². The van der Waals surface area contributed by atoms with Crippen molar-refractivity contribution in [2.45, 2.75) is 17.0 Å². The van der Waals surface area contributed by atoms with Crippen molar-refractivity contribution < 1.29 is 9.50 Å². The lowest BCUT2D eigenvalue weighted by molar-refractivity contribution is 0.165. The lowest BCUT2D eigenvalue weighted by atomic mass is 10.0. The van der Waals surface area contributed by atoms with Crippen LogP contribution in [-0.2, 0) is 0 Å². The van der Waals surface area contributed by atoms with Crippen LogP contribution >= 0.6 is 11.8 Å². The first-order valence-electron chi connectivity index (χ1n) is 4.05. The average Bonchev–Trinajstić information content (AvgIpc) is 2.12. The SMILES string of the molecule is NC1c2cccc(F)c2SCC1O. The van der Waals surface area contributed by atoms with E-state index >= 15 is 0 Å². The molecule has 0 spiro atoms. The molecule has 0 radical (unpaired) electrons. The van der Waals surface area contributed by atoms with Crippen LogP contribution in [0.15, 0.2) is 23.1 Å². The van der Waals surface area contributed by atoms with Crippen molar-refractivity contribution in [3.05, 3.63) is 29.6 Å². The van der Waals surface area contributed by atoms with E-state index in [1.165, 1.54) is 17.8 Å². The third-order valence-corrected chi connectivity index (χ3v) is 3.40. The Bertz CT molecular complexity index is 331. The lowest BCUT2D eigenvalue weighted by Crippen LogP contribution is -2.31. The number of benzene rings is 1. The van der Waals surface area contributed by atoms with Gasteiger partial charge in [-0.15, -0.1) is 11.8 Å². The summed E-state index contributed by atoms with van der Waals surface area (Å²) >= 11 is 1.32. The second-order valence-corrected chi connectivity index (χ2v) is 4.09. The molecule has 0 saturated carbocycles. The van der Waals surface area contributed by atoms with E-state index in [4.69, 9.17) is 5.73 Å². The molecule has 1 aliphatic heterocycles. The van der Waals surface area contributed by atoms with Gasteiger partial charge in [0.1, 0.15) is 5.82 Å². The van der Waals surface area contributed by atoms with Gasteiger partial charge in [0.15, 0.2) is 0 Å². The molecule has 13 heavy (non-hydrogen) atoms. The Morgan fingerprint density at radius 1 is 1.54 bits per heavy atom. The summed E-state index contributed by atoms with van der Waals surface area (Å²) < 4.78 is 13.2. The third-order valence-electron chi connectivity index (χ3n) is 2.17. The number of aliphatic hydroxyl groups is 1. The summed E-state index contributed by atoms with van der Waals surface area (Å²) in [5.41, 5.74) is 6.44. The highest BCUT2D eigenvalue weighted by Crippen LogP contribution is 2.36. The summed E-state index contributed by atoms with van der Waals surface area (Å²) in [6.07, 6.45) is -0.570. The second-order valence-electron chi connectivity index (χ2n) is 3.06. The molecular weight excluding hydrogens is 189 g/mol. The predicted octanol–water partition coefficient (Wildman–Crippen LogP) is 1.29. The fraction of sp³-hybridized carbons (Fsp3) is 0.333. The Balaban J connectivity index is 2.49. The zero-order valence-corrected chi connectivity index (χ0v) is 7.72. The summed E-state index contributed by atoms with van der Waals surface area (Å²) in [6, 6.07) is 4.34. The molecule has 0 amide bonds. The normalized spacial score (nSPS) is 27.0. The third kappa shape index (κ3) is 1.45. The molecule has 0 aromatic heterocycles. The standard InChI is InChI=1S/C9H10FNOS/c10-6-3-1-2-5-8(11)7(12)4-13-9(5)6/h1-3,7-8,12H,4,11H2. The van der Waals surface area contributed by atoms with Crippen LogP contribution in [0.25, 0.3) is 0 Å². The molecule has 1 heterocycles. The first-order valence-corrected chi connectivity index (χ1v) is 5.03. The summed E-state index contributed by atoms with van der Waals surface area (Å²) in [5.74, 6) is 0.222. The minimum absolute atomic E-state index is 0.246. The number of hydrogen-bond donors (Lipinski definition) is 2. The maximum atomic E-state index is 13.2. The fourth-order valence-corrected chi connectivity index (χ4v) is 2.54.